The van der Waals surface area contributed by atoms with Crippen molar-refractivity contribution in [2.45, 2.75) is 24.7 Å². The molecule has 3 nitrogen and oxygen atoms in total. The van der Waals surface area contributed by atoms with E-state index < -0.39 is 0 Å². The normalized spacial score (nSPS) is 18.8. The monoisotopic (exact) mass is 370 g/mol. The molecule has 1 amide bonds. The summed E-state index contributed by atoms with van der Waals surface area (Å²) < 4.78 is 1.08. The summed E-state index contributed by atoms with van der Waals surface area (Å²) >= 11 is 5.11. The van der Waals surface area contributed by atoms with Gasteiger partial charge in [-0.1, -0.05) is 15.9 Å². The standard InChI is InChI=1S/C16H23BrN2OS/c1-12-8-14(17)5-6-15(12)21-11-16(20)19-7-3-4-13(10-19)9-18-2/h5-6,8,13,18H,3-4,7,9-11H2,1-2H3. The highest BCUT2D eigenvalue weighted by Crippen LogP contribution is 2.26. The van der Waals surface area contributed by atoms with Crippen LogP contribution in [0.15, 0.2) is 27.6 Å². The van der Waals surface area contributed by atoms with Crippen molar-refractivity contribution in [1.29, 1.82) is 0 Å². The predicted octanol–water partition coefficient (Wildman–Crippen LogP) is 3.31. The van der Waals surface area contributed by atoms with Crippen molar-refractivity contribution in [3.8, 4) is 0 Å². The van der Waals surface area contributed by atoms with E-state index in [-0.39, 0.29) is 5.91 Å². The summed E-state index contributed by atoms with van der Waals surface area (Å²) in [6.07, 6.45) is 2.35. The molecule has 1 unspecified atom stereocenters. The molecule has 0 saturated carbocycles. The number of nitrogens with zero attached hydrogens (tertiary/aromatic N) is 1. The maximum Gasteiger partial charge on any atom is 0.232 e. The largest absolute Gasteiger partial charge is 0.342 e. The number of likely N-dealkylation sites (tertiary alicyclic amines) is 1. The number of aryl methyl sites for hydroxylation is 1. The van der Waals surface area contributed by atoms with Gasteiger partial charge in [-0.25, -0.2) is 0 Å². The summed E-state index contributed by atoms with van der Waals surface area (Å²) in [5, 5.41) is 3.22. The van der Waals surface area contributed by atoms with E-state index in [4.69, 9.17) is 0 Å². The van der Waals surface area contributed by atoms with Crippen molar-refractivity contribution >= 4 is 33.6 Å². The fourth-order valence-corrected chi connectivity index (χ4v) is 4.14. The van der Waals surface area contributed by atoms with Crippen LogP contribution in [0.2, 0.25) is 0 Å². The first-order valence-corrected chi connectivity index (χ1v) is 9.19. The Bertz CT molecular complexity index is 493. The van der Waals surface area contributed by atoms with Gasteiger partial charge in [0.1, 0.15) is 0 Å². The molecule has 1 aliphatic rings. The number of halogens is 1. The Balaban J connectivity index is 1.86. The highest BCUT2D eigenvalue weighted by molar-refractivity contribution is 9.10. The van der Waals surface area contributed by atoms with E-state index in [9.17, 15) is 4.79 Å². The SMILES string of the molecule is CNCC1CCCN(C(=O)CSc2ccc(Br)cc2C)C1. The van der Waals surface area contributed by atoms with Crippen molar-refractivity contribution in [2.75, 3.05) is 32.4 Å². The number of hydrogen-bond donors (Lipinski definition) is 1. The van der Waals surface area contributed by atoms with Crippen LogP contribution in [0, 0.1) is 12.8 Å². The maximum absolute atomic E-state index is 12.4. The van der Waals surface area contributed by atoms with E-state index in [1.807, 2.05) is 18.0 Å². The number of benzene rings is 1. The van der Waals surface area contributed by atoms with Gasteiger partial charge in [0.15, 0.2) is 0 Å². The molecule has 116 valence electrons. The molecule has 1 heterocycles. The Morgan fingerprint density at radius 2 is 2.33 bits per heavy atom. The van der Waals surface area contributed by atoms with E-state index in [0.29, 0.717) is 11.7 Å². The maximum atomic E-state index is 12.4. The average Bonchev–Trinajstić information content (AvgIpc) is 2.47. The second kappa shape index (κ2) is 8.20. The van der Waals surface area contributed by atoms with Gasteiger partial charge in [-0.2, -0.15) is 0 Å². The quantitative estimate of drug-likeness (QED) is 0.806. The number of hydrogen-bond acceptors (Lipinski definition) is 3. The molecule has 21 heavy (non-hydrogen) atoms. The molecule has 1 saturated heterocycles. The first-order valence-electron chi connectivity index (χ1n) is 7.41. The number of amides is 1. The zero-order valence-corrected chi connectivity index (χ0v) is 15.1. The lowest BCUT2D eigenvalue weighted by atomic mass is 9.98. The molecular weight excluding hydrogens is 348 g/mol. The van der Waals surface area contributed by atoms with Crippen LogP contribution in [0.4, 0.5) is 0 Å². The van der Waals surface area contributed by atoms with Gasteiger partial charge in [0.25, 0.3) is 0 Å². The topological polar surface area (TPSA) is 32.3 Å². The minimum absolute atomic E-state index is 0.267. The smallest absolute Gasteiger partial charge is 0.232 e. The van der Waals surface area contributed by atoms with E-state index in [2.05, 4.69) is 40.3 Å². The molecule has 0 radical (unpaired) electrons. The number of rotatable bonds is 5. The van der Waals surface area contributed by atoms with Crippen molar-refractivity contribution in [3.63, 3.8) is 0 Å². The molecule has 1 atom stereocenters. The van der Waals surface area contributed by atoms with Gasteiger partial charge in [0, 0.05) is 22.5 Å². The van der Waals surface area contributed by atoms with Crippen molar-refractivity contribution in [3.05, 3.63) is 28.2 Å². The Morgan fingerprint density at radius 1 is 1.52 bits per heavy atom. The fraction of sp³-hybridized carbons (Fsp3) is 0.562. The first kappa shape index (κ1) is 16.8. The van der Waals surface area contributed by atoms with E-state index in [1.165, 1.54) is 16.9 Å². The van der Waals surface area contributed by atoms with Crippen LogP contribution in [-0.4, -0.2) is 43.2 Å². The van der Waals surface area contributed by atoms with E-state index >= 15 is 0 Å². The Kier molecular flexibility index (Phi) is 6.58. The molecule has 5 heteroatoms. The minimum atomic E-state index is 0.267. The molecule has 1 aliphatic heterocycles. The summed E-state index contributed by atoms with van der Waals surface area (Å²) in [6.45, 7) is 4.91. The Labute approximate surface area is 140 Å². The lowest BCUT2D eigenvalue weighted by molar-refractivity contribution is -0.130. The molecule has 0 bridgehead atoms. The summed E-state index contributed by atoms with van der Waals surface area (Å²) in [6, 6.07) is 6.21. The van der Waals surface area contributed by atoms with Crippen LogP contribution in [0.25, 0.3) is 0 Å². The van der Waals surface area contributed by atoms with Crippen LogP contribution in [0.3, 0.4) is 0 Å². The molecule has 1 aromatic rings. The van der Waals surface area contributed by atoms with Gasteiger partial charge >= 0.3 is 0 Å². The Morgan fingerprint density at radius 3 is 3.05 bits per heavy atom. The first-order chi connectivity index (χ1) is 10.1. The van der Waals surface area contributed by atoms with Crippen LogP contribution >= 0.6 is 27.7 Å². The van der Waals surface area contributed by atoms with Gasteiger partial charge in [-0.15, -0.1) is 11.8 Å². The number of piperidine rings is 1. The average molecular weight is 371 g/mol. The molecule has 2 rings (SSSR count). The van der Waals surface area contributed by atoms with Crippen LogP contribution in [-0.2, 0) is 4.79 Å². The summed E-state index contributed by atoms with van der Waals surface area (Å²) in [7, 11) is 1.98. The lowest BCUT2D eigenvalue weighted by Gasteiger charge is -2.32. The number of thioether (sulfide) groups is 1. The molecule has 1 N–H and O–H groups in total. The molecule has 0 aromatic heterocycles. The van der Waals surface area contributed by atoms with Crippen molar-refractivity contribution < 1.29 is 4.79 Å². The van der Waals surface area contributed by atoms with E-state index in [0.717, 1.165) is 30.5 Å². The van der Waals surface area contributed by atoms with Crippen molar-refractivity contribution in [2.24, 2.45) is 5.92 Å². The van der Waals surface area contributed by atoms with Crippen LogP contribution in [0.5, 0.6) is 0 Å². The number of carbonyl (C=O) groups is 1. The van der Waals surface area contributed by atoms with Gasteiger partial charge in [-0.05, 0) is 63.0 Å². The summed E-state index contributed by atoms with van der Waals surface area (Å²) in [5.74, 6) is 1.41. The zero-order chi connectivity index (χ0) is 15.2. The van der Waals surface area contributed by atoms with Gasteiger partial charge in [0.05, 0.1) is 5.75 Å². The molecule has 0 spiro atoms. The zero-order valence-electron chi connectivity index (χ0n) is 12.7. The third-order valence-corrected chi connectivity index (χ3v) is 5.51. The van der Waals surface area contributed by atoms with Gasteiger partial charge in [-0.3, -0.25) is 4.79 Å². The Hall–Kier alpha value is -0.520. The number of carbonyl (C=O) groups excluding carboxylic acids is 1. The third-order valence-electron chi connectivity index (χ3n) is 3.85. The molecule has 0 aliphatic carbocycles. The van der Waals surface area contributed by atoms with Crippen LogP contribution < -0.4 is 5.32 Å². The lowest BCUT2D eigenvalue weighted by Crippen LogP contribution is -2.43. The highest BCUT2D eigenvalue weighted by Gasteiger charge is 2.23. The van der Waals surface area contributed by atoms with Crippen molar-refractivity contribution in [1.82, 2.24) is 10.2 Å². The highest BCUT2D eigenvalue weighted by atomic mass is 79.9. The van der Waals surface area contributed by atoms with Gasteiger partial charge in [0.2, 0.25) is 5.91 Å². The summed E-state index contributed by atoms with van der Waals surface area (Å²) in [5.41, 5.74) is 1.22. The predicted molar refractivity (Wildman–Crippen MR) is 92.8 cm³/mol. The van der Waals surface area contributed by atoms with Gasteiger partial charge < -0.3 is 10.2 Å². The second-order valence-corrected chi connectivity index (χ2v) is 7.54. The molecule has 1 aromatic carbocycles. The van der Waals surface area contributed by atoms with E-state index in [1.54, 1.807) is 11.8 Å². The third kappa shape index (κ3) is 5.01. The fourth-order valence-electron chi connectivity index (χ4n) is 2.75. The van der Waals surface area contributed by atoms with Crippen LogP contribution in [0.1, 0.15) is 18.4 Å². The molecular formula is C16H23BrN2OS. The minimum Gasteiger partial charge on any atom is -0.342 e. The summed E-state index contributed by atoms with van der Waals surface area (Å²) in [4.78, 5) is 15.6. The second-order valence-electron chi connectivity index (χ2n) is 5.60. The molecule has 1 fully saturated rings. The number of nitrogens with one attached hydrogen (secondary N) is 1.